The number of anilines is 1. The number of hydrogen-bond acceptors (Lipinski definition) is 3. The summed E-state index contributed by atoms with van der Waals surface area (Å²) in [5, 5.41) is 7.26. The number of likely N-dealkylation sites (tertiary alicyclic amines) is 1. The van der Waals surface area contributed by atoms with E-state index in [-0.39, 0.29) is 11.6 Å². The molecule has 0 saturated carbocycles. The minimum atomic E-state index is -0.733. The van der Waals surface area contributed by atoms with Gasteiger partial charge < -0.3 is 5.32 Å². The number of carbonyl (C=O) groups is 1. The number of rotatable bonds is 5. The first-order valence-corrected chi connectivity index (χ1v) is 10.6. The van der Waals surface area contributed by atoms with Crippen LogP contribution < -0.4 is 5.32 Å². The van der Waals surface area contributed by atoms with Gasteiger partial charge in [-0.2, -0.15) is 5.10 Å². The van der Waals surface area contributed by atoms with Crippen LogP contribution in [0.3, 0.4) is 0 Å². The molecule has 0 aliphatic carbocycles. The second-order valence-corrected chi connectivity index (χ2v) is 8.04. The van der Waals surface area contributed by atoms with Gasteiger partial charge in [0.1, 0.15) is 11.5 Å². The number of piperidine rings is 1. The molecule has 2 heterocycles. The standard InChI is InChI=1S/C24H26F2N4O/c1-16-23(17(2)30(28-16)22-10-9-19(25)14-21(22)26)24(31)27-20-8-6-7-18(13-20)15-29-11-4-3-5-12-29/h6-10,13-14H,3-5,11-12,15H2,1-2H3,(H,27,31). The van der Waals surface area contributed by atoms with Gasteiger partial charge in [-0.1, -0.05) is 18.6 Å². The molecule has 1 fully saturated rings. The van der Waals surface area contributed by atoms with Gasteiger partial charge in [-0.15, -0.1) is 0 Å². The van der Waals surface area contributed by atoms with Crippen molar-refractivity contribution in [3.05, 3.63) is 76.6 Å². The van der Waals surface area contributed by atoms with Crippen molar-refractivity contribution in [3.8, 4) is 5.69 Å². The van der Waals surface area contributed by atoms with Crippen LogP contribution in [0.25, 0.3) is 5.69 Å². The zero-order chi connectivity index (χ0) is 22.0. The maximum absolute atomic E-state index is 14.2. The molecule has 0 atom stereocenters. The van der Waals surface area contributed by atoms with Crippen LogP contribution in [0.5, 0.6) is 0 Å². The highest BCUT2D eigenvalue weighted by atomic mass is 19.1. The molecule has 1 saturated heterocycles. The zero-order valence-corrected chi connectivity index (χ0v) is 17.8. The number of nitrogens with zero attached hydrogens (tertiary/aromatic N) is 3. The fraction of sp³-hybridized carbons (Fsp3) is 0.333. The molecule has 31 heavy (non-hydrogen) atoms. The van der Waals surface area contributed by atoms with Gasteiger partial charge >= 0.3 is 0 Å². The third-order valence-corrected chi connectivity index (χ3v) is 5.70. The van der Waals surface area contributed by atoms with Crippen LogP contribution in [0.4, 0.5) is 14.5 Å². The molecule has 4 rings (SSSR count). The highest BCUT2D eigenvalue weighted by molar-refractivity contribution is 6.06. The van der Waals surface area contributed by atoms with Crippen LogP contribution in [0.2, 0.25) is 0 Å². The smallest absolute Gasteiger partial charge is 0.259 e. The number of carbonyl (C=O) groups excluding carboxylic acids is 1. The Bertz CT molecular complexity index is 1100. The van der Waals surface area contributed by atoms with Gasteiger partial charge in [0.25, 0.3) is 5.91 Å². The first-order chi connectivity index (χ1) is 14.9. The molecule has 0 spiro atoms. The van der Waals surface area contributed by atoms with Gasteiger partial charge in [0, 0.05) is 18.3 Å². The number of hydrogen-bond donors (Lipinski definition) is 1. The van der Waals surface area contributed by atoms with Crippen LogP contribution in [-0.4, -0.2) is 33.7 Å². The molecule has 2 aromatic carbocycles. The molecule has 0 bridgehead atoms. The highest BCUT2D eigenvalue weighted by Crippen LogP contribution is 2.23. The second kappa shape index (κ2) is 8.98. The maximum atomic E-state index is 14.2. The fourth-order valence-corrected chi connectivity index (χ4v) is 4.18. The van der Waals surface area contributed by atoms with Crippen LogP contribution in [-0.2, 0) is 6.54 Å². The first-order valence-electron chi connectivity index (χ1n) is 10.6. The first kappa shape index (κ1) is 21.2. The summed E-state index contributed by atoms with van der Waals surface area (Å²) in [6.07, 6.45) is 3.75. The summed E-state index contributed by atoms with van der Waals surface area (Å²) >= 11 is 0. The molecule has 7 heteroatoms. The average molecular weight is 424 g/mol. The van der Waals surface area contributed by atoms with E-state index in [0.717, 1.165) is 31.3 Å². The lowest BCUT2D eigenvalue weighted by Crippen LogP contribution is -2.29. The molecular formula is C24H26F2N4O. The molecule has 162 valence electrons. The van der Waals surface area contributed by atoms with E-state index >= 15 is 0 Å². The van der Waals surface area contributed by atoms with Crippen molar-refractivity contribution < 1.29 is 13.6 Å². The van der Waals surface area contributed by atoms with Gasteiger partial charge in [-0.05, 0) is 69.6 Å². The second-order valence-electron chi connectivity index (χ2n) is 8.04. The van der Waals surface area contributed by atoms with E-state index in [0.29, 0.717) is 22.6 Å². The van der Waals surface area contributed by atoms with Crippen LogP contribution >= 0.6 is 0 Å². The molecule has 3 aromatic rings. The quantitative estimate of drug-likeness (QED) is 0.627. The van der Waals surface area contributed by atoms with Gasteiger partial charge in [0.05, 0.1) is 17.0 Å². The Morgan fingerprint density at radius 1 is 1.06 bits per heavy atom. The lowest BCUT2D eigenvalue weighted by molar-refractivity contribution is 0.102. The SMILES string of the molecule is Cc1nn(-c2ccc(F)cc2F)c(C)c1C(=O)Nc1cccc(CN2CCCCC2)c1. The van der Waals surface area contributed by atoms with Crippen molar-refractivity contribution in [2.24, 2.45) is 0 Å². The van der Waals surface area contributed by atoms with E-state index in [1.165, 1.54) is 36.1 Å². The monoisotopic (exact) mass is 424 g/mol. The molecule has 1 N–H and O–H groups in total. The van der Waals surface area contributed by atoms with E-state index in [1.54, 1.807) is 13.8 Å². The maximum Gasteiger partial charge on any atom is 0.259 e. The Balaban J connectivity index is 1.54. The van der Waals surface area contributed by atoms with E-state index in [9.17, 15) is 13.6 Å². The molecule has 1 amide bonds. The van der Waals surface area contributed by atoms with Crippen molar-refractivity contribution in [3.63, 3.8) is 0 Å². The number of halogens is 2. The Kier molecular flexibility index (Phi) is 6.13. The van der Waals surface area contributed by atoms with Gasteiger partial charge in [0.15, 0.2) is 5.82 Å². The summed E-state index contributed by atoms with van der Waals surface area (Å²) in [6.45, 7) is 6.48. The summed E-state index contributed by atoms with van der Waals surface area (Å²) in [4.78, 5) is 15.4. The van der Waals surface area contributed by atoms with Crippen LogP contribution in [0.1, 0.15) is 46.6 Å². The largest absolute Gasteiger partial charge is 0.322 e. The molecule has 1 aliphatic rings. The van der Waals surface area contributed by atoms with Crippen molar-refractivity contribution in [2.45, 2.75) is 39.7 Å². The van der Waals surface area contributed by atoms with E-state index in [1.807, 2.05) is 18.2 Å². The number of nitrogens with one attached hydrogen (secondary N) is 1. The number of benzene rings is 2. The molecule has 1 aromatic heterocycles. The summed E-state index contributed by atoms with van der Waals surface area (Å²) in [5.41, 5.74) is 3.30. The minimum absolute atomic E-state index is 0.101. The summed E-state index contributed by atoms with van der Waals surface area (Å²) in [7, 11) is 0. The lowest BCUT2D eigenvalue weighted by atomic mass is 10.1. The Morgan fingerprint density at radius 2 is 1.84 bits per heavy atom. The molecule has 0 unspecified atom stereocenters. The average Bonchev–Trinajstić information content (AvgIpc) is 3.03. The van der Waals surface area contributed by atoms with Crippen molar-refractivity contribution in [1.82, 2.24) is 14.7 Å². The highest BCUT2D eigenvalue weighted by Gasteiger charge is 2.21. The Labute approximate surface area is 180 Å². The molecule has 0 radical (unpaired) electrons. The predicted molar refractivity (Wildman–Crippen MR) is 116 cm³/mol. The minimum Gasteiger partial charge on any atom is -0.322 e. The van der Waals surface area contributed by atoms with E-state index in [2.05, 4.69) is 21.4 Å². The van der Waals surface area contributed by atoms with Gasteiger partial charge in [-0.3, -0.25) is 9.69 Å². The molecule has 5 nitrogen and oxygen atoms in total. The Hall–Kier alpha value is -3.06. The van der Waals surface area contributed by atoms with Gasteiger partial charge in [0.2, 0.25) is 0 Å². The van der Waals surface area contributed by atoms with Crippen molar-refractivity contribution in [2.75, 3.05) is 18.4 Å². The van der Waals surface area contributed by atoms with E-state index < -0.39 is 11.6 Å². The summed E-state index contributed by atoms with van der Waals surface area (Å²) in [6, 6.07) is 11.1. The number of aromatic nitrogens is 2. The third-order valence-electron chi connectivity index (χ3n) is 5.70. The normalized spacial score (nSPS) is 14.6. The lowest BCUT2D eigenvalue weighted by Gasteiger charge is -2.26. The summed E-state index contributed by atoms with van der Waals surface area (Å²) in [5.74, 6) is -1.70. The fourth-order valence-electron chi connectivity index (χ4n) is 4.18. The topological polar surface area (TPSA) is 50.2 Å². The zero-order valence-electron chi connectivity index (χ0n) is 17.8. The Morgan fingerprint density at radius 3 is 2.58 bits per heavy atom. The van der Waals surface area contributed by atoms with E-state index in [4.69, 9.17) is 0 Å². The predicted octanol–water partition coefficient (Wildman–Crippen LogP) is 5.01. The van der Waals surface area contributed by atoms with Gasteiger partial charge in [-0.25, -0.2) is 13.5 Å². The van der Waals surface area contributed by atoms with Crippen LogP contribution in [0, 0.1) is 25.5 Å². The summed E-state index contributed by atoms with van der Waals surface area (Å²) < 4.78 is 28.8. The number of aryl methyl sites for hydroxylation is 1. The van der Waals surface area contributed by atoms with Crippen molar-refractivity contribution in [1.29, 1.82) is 0 Å². The number of amides is 1. The van der Waals surface area contributed by atoms with Crippen molar-refractivity contribution >= 4 is 11.6 Å². The molecular weight excluding hydrogens is 398 g/mol. The van der Waals surface area contributed by atoms with Crippen LogP contribution in [0.15, 0.2) is 42.5 Å². The third kappa shape index (κ3) is 4.66. The molecule has 1 aliphatic heterocycles.